The molecule has 70 valence electrons. The first-order chi connectivity index (χ1) is 6.13. The number of hydrogen-bond donors (Lipinski definition) is 2. The quantitative estimate of drug-likeness (QED) is 0.585. The highest BCUT2D eigenvalue weighted by molar-refractivity contribution is 9.10. The van der Waals surface area contributed by atoms with Crippen LogP contribution in [0.2, 0.25) is 0 Å². The number of halogens is 1. The molecule has 0 spiro atoms. The van der Waals surface area contributed by atoms with Crippen molar-refractivity contribution in [2.24, 2.45) is 10.7 Å². The molecule has 0 aromatic heterocycles. The summed E-state index contributed by atoms with van der Waals surface area (Å²) in [7, 11) is 1.65. The molecule has 0 saturated carbocycles. The molecule has 3 N–H and O–H groups in total. The van der Waals surface area contributed by atoms with Gasteiger partial charge in [0.15, 0.2) is 5.96 Å². The summed E-state index contributed by atoms with van der Waals surface area (Å²) >= 11 is 3.42. The predicted molar refractivity (Wildman–Crippen MR) is 60.0 cm³/mol. The molecule has 0 heterocycles. The lowest BCUT2D eigenvalue weighted by Gasteiger charge is -2.06. The number of benzene rings is 1. The zero-order valence-corrected chi connectivity index (χ0v) is 9.22. The van der Waals surface area contributed by atoms with Crippen LogP contribution in [0.1, 0.15) is 5.56 Å². The summed E-state index contributed by atoms with van der Waals surface area (Å²) in [5.41, 5.74) is 7.63. The normalized spacial score (nSPS) is 11.5. The van der Waals surface area contributed by atoms with Gasteiger partial charge in [-0.05, 0) is 30.7 Å². The first-order valence-corrected chi connectivity index (χ1v) is 4.68. The Kier molecular flexibility index (Phi) is 3.31. The van der Waals surface area contributed by atoms with Crippen molar-refractivity contribution in [2.75, 3.05) is 12.4 Å². The Morgan fingerprint density at radius 2 is 2.23 bits per heavy atom. The fraction of sp³-hybridized carbons (Fsp3) is 0.222. The number of nitrogens with one attached hydrogen (secondary N) is 1. The van der Waals surface area contributed by atoms with Gasteiger partial charge in [-0.3, -0.25) is 4.99 Å². The molecule has 0 amide bonds. The van der Waals surface area contributed by atoms with Crippen LogP contribution in [0.3, 0.4) is 0 Å². The molecule has 0 saturated heterocycles. The van der Waals surface area contributed by atoms with Gasteiger partial charge in [0.25, 0.3) is 0 Å². The van der Waals surface area contributed by atoms with Crippen LogP contribution in [0.5, 0.6) is 0 Å². The van der Waals surface area contributed by atoms with E-state index in [0.717, 1.165) is 15.7 Å². The summed E-state index contributed by atoms with van der Waals surface area (Å²) in [6.45, 7) is 2.02. The molecule has 1 rings (SSSR count). The molecule has 0 aliphatic heterocycles. The number of anilines is 1. The van der Waals surface area contributed by atoms with E-state index in [1.807, 2.05) is 25.1 Å². The van der Waals surface area contributed by atoms with Gasteiger partial charge in [0.2, 0.25) is 0 Å². The van der Waals surface area contributed by atoms with E-state index < -0.39 is 0 Å². The summed E-state index contributed by atoms with van der Waals surface area (Å²) in [5, 5.41) is 2.97. The van der Waals surface area contributed by atoms with Crippen molar-refractivity contribution >= 4 is 27.6 Å². The van der Waals surface area contributed by atoms with Crippen LogP contribution in [-0.4, -0.2) is 13.0 Å². The maximum Gasteiger partial charge on any atom is 0.192 e. The molecule has 3 nitrogen and oxygen atoms in total. The lowest BCUT2D eigenvalue weighted by molar-refractivity contribution is 1.37. The summed E-state index contributed by atoms with van der Waals surface area (Å²) in [6, 6.07) is 5.91. The van der Waals surface area contributed by atoms with Gasteiger partial charge in [-0.15, -0.1) is 0 Å². The van der Waals surface area contributed by atoms with Crippen molar-refractivity contribution in [2.45, 2.75) is 6.92 Å². The van der Waals surface area contributed by atoms with Crippen LogP contribution in [0, 0.1) is 6.92 Å². The van der Waals surface area contributed by atoms with Crippen LogP contribution in [-0.2, 0) is 0 Å². The number of nitrogens with zero attached hydrogens (tertiary/aromatic N) is 1. The van der Waals surface area contributed by atoms with Gasteiger partial charge >= 0.3 is 0 Å². The zero-order chi connectivity index (χ0) is 9.84. The minimum absolute atomic E-state index is 0.418. The van der Waals surface area contributed by atoms with Gasteiger partial charge in [-0.2, -0.15) is 0 Å². The van der Waals surface area contributed by atoms with Crippen molar-refractivity contribution < 1.29 is 0 Å². The molecule has 1 aromatic carbocycles. The second-order valence-corrected chi connectivity index (χ2v) is 3.55. The fourth-order valence-corrected chi connectivity index (χ4v) is 1.17. The molecular weight excluding hydrogens is 230 g/mol. The standard InChI is InChI=1S/C9H12BrN3/c1-6-5-7(3-4-8(6)10)13-9(11)12-2/h3-5H,1-2H3,(H3,11,12,13). The Morgan fingerprint density at radius 1 is 1.54 bits per heavy atom. The highest BCUT2D eigenvalue weighted by Gasteiger charge is 1.97. The zero-order valence-electron chi connectivity index (χ0n) is 7.63. The van der Waals surface area contributed by atoms with Crippen molar-refractivity contribution in [1.29, 1.82) is 0 Å². The first kappa shape index (κ1) is 10.1. The number of rotatable bonds is 1. The SMILES string of the molecule is CN=C(N)Nc1ccc(Br)c(C)c1. The topological polar surface area (TPSA) is 50.4 Å². The van der Waals surface area contributed by atoms with Gasteiger partial charge in [0.05, 0.1) is 0 Å². The lowest BCUT2D eigenvalue weighted by atomic mass is 10.2. The van der Waals surface area contributed by atoms with Crippen molar-refractivity contribution in [3.05, 3.63) is 28.2 Å². The highest BCUT2D eigenvalue weighted by Crippen LogP contribution is 2.19. The molecule has 0 radical (unpaired) electrons. The predicted octanol–water partition coefficient (Wildman–Crippen LogP) is 2.11. The van der Waals surface area contributed by atoms with Crippen LogP contribution in [0.4, 0.5) is 5.69 Å². The van der Waals surface area contributed by atoms with Gasteiger partial charge in [-0.25, -0.2) is 0 Å². The van der Waals surface area contributed by atoms with E-state index in [2.05, 4.69) is 26.2 Å². The number of hydrogen-bond acceptors (Lipinski definition) is 1. The molecule has 0 unspecified atom stereocenters. The third kappa shape index (κ3) is 2.73. The second kappa shape index (κ2) is 4.28. The molecule has 4 heteroatoms. The Morgan fingerprint density at radius 3 is 2.77 bits per heavy atom. The smallest absolute Gasteiger partial charge is 0.192 e. The number of nitrogens with two attached hydrogens (primary N) is 1. The molecule has 1 aromatic rings. The van der Waals surface area contributed by atoms with E-state index in [9.17, 15) is 0 Å². The maximum absolute atomic E-state index is 5.52. The molecular formula is C9H12BrN3. The van der Waals surface area contributed by atoms with Crippen LogP contribution >= 0.6 is 15.9 Å². The van der Waals surface area contributed by atoms with Crippen LogP contribution in [0.15, 0.2) is 27.7 Å². The second-order valence-electron chi connectivity index (χ2n) is 2.70. The monoisotopic (exact) mass is 241 g/mol. The Labute approximate surface area is 86.2 Å². The molecule has 0 aliphatic rings. The summed E-state index contributed by atoms with van der Waals surface area (Å²) in [4.78, 5) is 3.81. The summed E-state index contributed by atoms with van der Waals surface area (Å²) < 4.78 is 1.09. The molecule has 0 atom stereocenters. The Bertz CT molecular complexity index is 334. The third-order valence-corrected chi connectivity index (χ3v) is 2.56. The van der Waals surface area contributed by atoms with E-state index in [1.54, 1.807) is 7.05 Å². The maximum atomic E-state index is 5.52. The number of aliphatic imine (C=N–C) groups is 1. The van der Waals surface area contributed by atoms with E-state index >= 15 is 0 Å². The van der Waals surface area contributed by atoms with Crippen molar-refractivity contribution in [1.82, 2.24) is 0 Å². The average Bonchev–Trinajstić information content (AvgIpc) is 2.11. The summed E-state index contributed by atoms with van der Waals surface area (Å²) in [5.74, 6) is 0.418. The molecule has 0 bridgehead atoms. The molecule has 0 fully saturated rings. The number of guanidine groups is 1. The highest BCUT2D eigenvalue weighted by atomic mass is 79.9. The van der Waals surface area contributed by atoms with E-state index in [0.29, 0.717) is 5.96 Å². The van der Waals surface area contributed by atoms with Gasteiger partial charge < -0.3 is 11.1 Å². The van der Waals surface area contributed by atoms with Gasteiger partial charge in [0, 0.05) is 17.2 Å². The fourth-order valence-electron chi connectivity index (χ4n) is 0.926. The van der Waals surface area contributed by atoms with Crippen molar-refractivity contribution in [3.63, 3.8) is 0 Å². The lowest BCUT2D eigenvalue weighted by Crippen LogP contribution is -2.21. The Balaban J connectivity index is 2.86. The summed E-state index contributed by atoms with van der Waals surface area (Å²) in [6.07, 6.45) is 0. The van der Waals surface area contributed by atoms with Gasteiger partial charge in [0.1, 0.15) is 0 Å². The molecule has 0 aliphatic carbocycles. The molecule has 13 heavy (non-hydrogen) atoms. The number of aryl methyl sites for hydroxylation is 1. The van der Waals surface area contributed by atoms with E-state index in [4.69, 9.17) is 5.73 Å². The Hall–Kier alpha value is -1.03. The van der Waals surface area contributed by atoms with E-state index in [1.165, 1.54) is 0 Å². The van der Waals surface area contributed by atoms with Crippen molar-refractivity contribution in [3.8, 4) is 0 Å². The largest absolute Gasteiger partial charge is 0.370 e. The van der Waals surface area contributed by atoms with E-state index in [-0.39, 0.29) is 0 Å². The van der Waals surface area contributed by atoms with Crippen LogP contribution < -0.4 is 11.1 Å². The first-order valence-electron chi connectivity index (χ1n) is 3.89. The van der Waals surface area contributed by atoms with Gasteiger partial charge in [-0.1, -0.05) is 15.9 Å². The van der Waals surface area contributed by atoms with Crippen LogP contribution in [0.25, 0.3) is 0 Å². The minimum atomic E-state index is 0.418. The average molecular weight is 242 g/mol. The third-order valence-electron chi connectivity index (χ3n) is 1.67. The minimum Gasteiger partial charge on any atom is -0.370 e.